The molecule has 1 saturated heterocycles. The van der Waals surface area contributed by atoms with E-state index in [1.807, 2.05) is 12.1 Å². The van der Waals surface area contributed by atoms with Gasteiger partial charge in [0.1, 0.15) is 0 Å². The van der Waals surface area contributed by atoms with Crippen molar-refractivity contribution < 1.29 is 13.2 Å². The zero-order valence-corrected chi connectivity index (χ0v) is 17.4. The van der Waals surface area contributed by atoms with Gasteiger partial charge in [-0.1, -0.05) is 35.5 Å². The summed E-state index contributed by atoms with van der Waals surface area (Å²) in [7, 11) is -3.04. The van der Waals surface area contributed by atoms with Gasteiger partial charge in [0.05, 0.1) is 22.3 Å². The topological polar surface area (TPSA) is 111 Å². The van der Waals surface area contributed by atoms with E-state index in [9.17, 15) is 13.2 Å². The van der Waals surface area contributed by atoms with Crippen LogP contribution in [-0.2, 0) is 14.6 Å². The van der Waals surface area contributed by atoms with Crippen molar-refractivity contribution in [2.45, 2.75) is 36.5 Å². The van der Waals surface area contributed by atoms with Gasteiger partial charge in [-0.2, -0.15) is 0 Å². The number of carbonyl (C=O) groups excluding carboxylic acids is 1. The molecule has 1 aromatic heterocycles. The number of aromatic nitrogens is 3. The van der Waals surface area contributed by atoms with Crippen LogP contribution in [0.2, 0.25) is 5.02 Å². The summed E-state index contributed by atoms with van der Waals surface area (Å²) in [6, 6.07) is 7.11. The Bertz CT molecular complexity index is 1010. The van der Waals surface area contributed by atoms with Crippen molar-refractivity contribution in [1.29, 1.82) is 0 Å². The van der Waals surface area contributed by atoms with Gasteiger partial charge in [-0.05, 0) is 31.4 Å². The van der Waals surface area contributed by atoms with E-state index in [1.54, 1.807) is 17.0 Å². The van der Waals surface area contributed by atoms with Crippen LogP contribution in [0.4, 0.5) is 0 Å². The molecule has 1 aliphatic carbocycles. The van der Waals surface area contributed by atoms with Crippen molar-refractivity contribution in [3.63, 3.8) is 0 Å². The van der Waals surface area contributed by atoms with Gasteiger partial charge in [0.25, 0.3) is 0 Å². The number of hydrogen-bond acceptors (Lipinski definition) is 7. The van der Waals surface area contributed by atoms with E-state index in [1.165, 1.54) is 16.4 Å². The lowest BCUT2D eigenvalue weighted by atomic mass is 10.2. The lowest BCUT2D eigenvalue weighted by Gasteiger charge is -2.28. The second-order valence-electron chi connectivity index (χ2n) is 7.03. The van der Waals surface area contributed by atoms with Crippen LogP contribution < -0.4 is 5.84 Å². The summed E-state index contributed by atoms with van der Waals surface area (Å²) in [6.07, 6.45) is 2.37. The molecule has 0 spiro atoms. The van der Waals surface area contributed by atoms with Gasteiger partial charge in [0, 0.05) is 17.6 Å². The molecule has 1 aliphatic heterocycles. The Labute approximate surface area is 172 Å². The number of benzene rings is 1. The highest BCUT2D eigenvalue weighted by Crippen LogP contribution is 2.33. The lowest BCUT2D eigenvalue weighted by Crippen LogP contribution is -2.43. The minimum Gasteiger partial charge on any atom is -0.335 e. The summed E-state index contributed by atoms with van der Waals surface area (Å²) in [4.78, 5) is 14.6. The van der Waals surface area contributed by atoms with Gasteiger partial charge in [-0.15, -0.1) is 10.2 Å². The van der Waals surface area contributed by atoms with Gasteiger partial charge in [-0.3, -0.25) is 4.79 Å². The first kappa shape index (κ1) is 19.5. The largest absolute Gasteiger partial charge is 0.335 e. The number of amides is 1. The number of thioether (sulfide) groups is 1. The quantitative estimate of drug-likeness (QED) is 0.535. The van der Waals surface area contributed by atoms with Gasteiger partial charge in [0.15, 0.2) is 15.7 Å². The first-order valence-electron chi connectivity index (χ1n) is 8.95. The van der Waals surface area contributed by atoms with E-state index >= 15 is 0 Å². The zero-order valence-electron chi connectivity index (χ0n) is 15.0. The van der Waals surface area contributed by atoms with E-state index in [-0.39, 0.29) is 35.2 Å². The standard InChI is InChI=1S/C17H20ClN5O3S2/c18-14-4-2-1-3-13(14)16-20-21-17(23(16)19)27-9-15(24)22(11-5-6-11)12-7-8-28(25,26)10-12/h1-4,11-12H,5-10,19H2/t12-/m1/s1. The third kappa shape index (κ3) is 3.99. The Morgan fingerprint density at radius 2 is 2.00 bits per heavy atom. The highest BCUT2D eigenvalue weighted by atomic mass is 35.5. The fourth-order valence-electron chi connectivity index (χ4n) is 3.46. The molecule has 2 aromatic rings. The smallest absolute Gasteiger partial charge is 0.233 e. The number of hydrogen-bond donors (Lipinski definition) is 1. The van der Waals surface area contributed by atoms with Crippen molar-refractivity contribution in [1.82, 2.24) is 19.8 Å². The summed E-state index contributed by atoms with van der Waals surface area (Å²) in [5.74, 6) is 6.78. The second-order valence-corrected chi connectivity index (χ2v) is 10.6. The van der Waals surface area contributed by atoms with Gasteiger partial charge >= 0.3 is 0 Å². The highest BCUT2D eigenvalue weighted by molar-refractivity contribution is 7.99. The van der Waals surface area contributed by atoms with Gasteiger partial charge in [-0.25, -0.2) is 13.1 Å². The van der Waals surface area contributed by atoms with Crippen LogP contribution in [0.5, 0.6) is 0 Å². The lowest BCUT2D eigenvalue weighted by molar-refractivity contribution is -0.130. The molecule has 4 rings (SSSR count). The molecule has 11 heteroatoms. The maximum atomic E-state index is 12.8. The fraction of sp³-hybridized carbons (Fsp3) is 0.471. The van der Waals surface area contributed by atoms with Gasteiger partial charge < -0.3 is 10.7 Å². The van der Waals surface area contributed by atoms with Crippen LogP contribution in [0.15, 0.2) is 29.4 Å². The number of halogens is 1. The Hall–Kier alpha value is -1.78. The summed E-state index contributed by atoms with van der Waals surface area (Å²) >= 11 is 7.38. The predicted molar refractivity (Wildman–Crippen MR) is 108 cm³/mol. The van der Waals surface area contributed by atoms with Crippen molar-refractivity contribution in [3.8, 4) is 11.4 Å². The molecule has 1 aromatic carbocycles. The van der Waals surface area contributed by atoms with Crippen LogP contribution in [0.25, 0.3) is 11.4 Å². The van der Waals surface area contributed by atoms with E-state index in [4.69, 9.17) is 17.4 Å². The molecule has 0 bridgehead atoms. The predicted octanol–water partition coefficient (Wildman–Crippen LogP) is 1.58. The zero-order chi connectivity index (χ0) is 19.9. The molecule has 150 valence electrons. The van der Waals surface area contributed by atoms with Crippen LogP contribution in [-0.4, -0.2) is 63.4 Å². The SMILES string of the molecule is Nn1c(SCC(=O)N(C2CC2)[C@@H]2CCS(=O)(=O)C2)nnc1-c1ccccc1Cl. The first-order chi connectivity index (χ1) is 13.4. The molecule has 2 N–H and O–H groups in total. The molecule has 28 heavy (non-hydrogen) atoms. The number of carbonyl (C=O) groups is 1. The second kappa shape index (κ2) is 7.57. The number of nitrogen functional groups attached to an aromatic ring is 1. The Balaban J connectivity index is 1.45. The van der Waals surface area contributed by atoms with Crippen LogP contribution in [0, 0.1) is 0 Å². The highest BCUT2D eigenvalue weighted by Gasteiger charge is 2.42. The normalized spacial score (nSPS) is 21.0. The third-order valence-electron chi connectivity index (χ3n) is 4.93. The Kier molecular flexibility index (Phi) is 5.28. The minimum atomic E-state index is -3.04. The van der Waals surface area contributed by atoms with E-state index in [0.717, 1.165) is 12.8 Å². The van der Waals surface area contributed by atoms with Crippen molar-refractivity contribution in [3.05, 3.63) is 29.3 Å². The van der Waals surface area contributed by atoms with Crippen molar-refractivity contribution in [2.24, 2.45) is 0 Å². The number of sulfone groups is 1. The molecule has 1 atom stereocenters. The average molecular weight is 442 g/mol. The summed E-state index contributed by atoms with van der Waals surface area (Å²) in [5.41, 5.74) is 0.660. The van der Waals surface area contributed by atoms with Crippen molar-refractivity contribution in [2.75, 3.05) is 23.1 Å². The van der Waals surface area contributed by atoms with E-state index < -0.39 is 9.84 Å². The summed E-state index contributed by atoms with van der Waals surface area (Å²) in [6.45, 7) is 0. The average Bonchev–Trinajstić information content (AvgIpc) is 3.32. The number of rotatable bonds is 6. The fourth-order valence-corrected chi connectivity index (χ4v) is 6.11. The van der Waals surface area contributed by atoms with E-state index in [2.05, 4.69) is 10.2 Å². The van der Waals surface area contributed by atoms with Crippen LogP contribution in [0.3, 0.4) is 0 Å². The Morgan fingerprint density at radius 3 is 2.64 bits per heavy atom. The number of nitrogens with two attached hydrogens (primary N) is 1. The molecular formula is C17H20ClN5O3S2. The molecule has 2 heterocycles. The van der Waals surface area contributed by atoms with Crippen LogP contribution >= 0.6 is 23.4 Å². The van der Waals surface area contributed by atoms with E-state index in [0.29, 0.717) is 28.0 Å². The summed E-state index contributed by atoms with van der Waals surface area (Å²) in [5, 5.41) is 9.07. The molecule has 2 aliphatic rings. The maximum Gasteiger partial charge on any atom is 0.233 e. The first-order valence-corrected chi connectivity index (χ1v) is 12.1. The molecule has 0 radical (unpaired) electrons. The Morgan fingerprint density at radius 1 is 1.25 bits per heavy atom. The molecular weight excluding hydrogens is 422 g/mol. The summed E-state index contributed by atoms with van der Waals surface area (Å²) < 4.78 is 24.9. The molecule has 1 amide bonds. The maximum absolute atomic E-state index is 12.8. The van der Waals surface area contributed by atoms with Crippen LogP contribution in [0.1, 0.15) is 19.3 Å². The molecule has 2 fully saturated rings. The van der Waals surface area contributed by atoms with Crippen molar-refractivity contribution >= 4 is 39.1 Å². The molecule has 1 saturated carbocycles. The monoisotopic (exact) mass is 441 g/mol. The third-order valence-corrected chi connectivity index (χ3v) is 7.94. The minimum absolute atomic E-state index is 0.0592. The number of nitrogens with zero attached hydrogens (tertiary/aromatic N) is 4. The molecule has 8 nitrogen and oxygen atoms in total. The van der Waals surface area contributed by atoms with Gasteiger partial charge in [0.2, 0.25) is 11.1 Å². The molecule has 0 unspecified atom stereocenters.